The van der Waals surface area contributed by atoms with E-state index in [0.717, 1.165) is 28.2 Å². The van der Waals surface area contributed by atoms with Crippen molar-refractivity contribution < 1.29 is 24.3 Å². The summed E-state index contributed by atoms with van der Waals surface area (Å²) in [6.45, 7) is 0.332. The van der Waals surface area contributed by atoms with Crippen LogP contribution in [0.3, 0.4) is 0 Å². The molecule has 0 aliphatic heterocycles. The average molecular weight is 579 g/mol. The first-order chi connectivity index (χ1) is 15.8. The van der Waals surface area contributed by atoms with Gasteiger partial charge in [0.1, 0.15) is 12.4 Å². The Kier molecular flexibility index (Phi) is 8.01. The minimum atomic E-state index is -0.798. The number of nitrogens with zero attached hydrogens (tertiary/aromatic N) is 2. The Labute approximate surface area is 205 Å². The minimum absolute atomic E-state index is 0.267. The minimum Gasteiger partial charge on any atom is -0.507 e. The highest BCUT2D eigenvalue weighted by Crippen LogP contribution is 2.37. The number of phenolic OH excluding ortho intramolecular Hbond substituents is 1. The van der Waals surface area contributed by atoms with Gasteiger partial charge < -0.3 is 14.6 Å². The Bertz CT molecular complexity index is 1220. The third-order valence-electron chi connectivity index (χ3n) is 4.36. The molecule has 3 rings (SSSR count). The quantitative estimate of drug-likeness (QED) is 0.216. The largest absolute Gasteiger partial charge is 0.507 e. The number of carbonyl (C=O) groups excluding carboxylic acids is 1. The van der Waals surface area contributed by atoms with E-state index in [9.17, 15) is 20.0 Å². The molecule has 1 amide bonds. The summed E-state index contributed by atoms with van der Waals surface area (Å²) in [7, 11) is 1.50. The third-order valence-corrected chi connectivity index (χ3v) is 5.48. The Hall–Kier alpha value is -3.44. The molecule has 0 saturated heterocycles. The molecule has 0 spiro atoms. The lowest BCUT2D eigenvalue weighted by molar-refractivity contribution is -0.384. The van der Waals surface area contributed by atoms with Crippen LogP contribution in [-0.2, 0) is 6.61 Å². The topological polar surface area (TPSA) is 123 Å². The number of nitrogens with one attached hydrogen (secondary N) is 1. The van der Waals surface area contributed by atoms with Gasteiger partial charge in [-0.15, -0.1) is 0 Å². The van der Waals surface area contributed by atoms with Gasteiger partial charge in [0, 0.05) is 16.6 Å². The van der Waals surface area contributed by atoms with E-state index >= 15 is 0 Å². The van der Waals surface area contributed by atoms with Crippen molar-refractivity contribution >= 4 is 49.7 Å². The van der Waals surface area contributed by atoms with E-state index in [4.69, 9.17) is 9.47 Å². The number of phenols is 1. The van der Waals surface area contributed by atoms with Crippen LogP contribution < -0.4 is 14.9 Å². The Morgan fingerprint density at radius 1 is 1.18 bits per heavy atom. The molecule has 9 nitrogen and oxygen atoms in total. The molecule has 0 aromatic heterocycles. The summed E-state index contributed by atoms with van der Waals surface area (Å²) in [5.41, 5.74) is 3.20. The first-order valence-electron chi connectivity index (χ1n) is 9.34. The van der Waals surface area contributed by atoms with Crippen molar-refractivity contribution in [1.82, 2.24) is 5.43 Å². The van der Waals surface area contributed by atoms with Crippen molar-refractivity contribution in [3.05, 3.63) is 90.3 Å². The molecule has 2 N–H and O–H groups in total. The standard InChI is InChI=1S/C22H17Br2N3O6/c1-32-20-9-14(8-18(24)21(20)33-12-13-2-4-15(23)5-3-13)11-25-26-22(29)17-10-16(27(30)31)6-7-19(17)28/h2-11,28H,12H2,1H3,(H,26,29)/b25-11-. The maximum Gasteiger partial charge on any atom is 0.275 e. The van der Waals surface area contributed by atoms with Gasteiger partial charge in [-0.25, -0.2) is 5.43 Å². The molecule has 11 heteroatoms. The fourth-order valence-electron chi connectivity index (χ4n) is 2.74. The number of aromatic hydroxyl groups is 1. The summed E-state index contributed by atoms with van der Waals surface area (Å²) in [6, 6.07) is 14.3. The SMILES string of the molecule is COc1cc(/C=N\NC(=O)c2cc([N+](=O)[O-])ccc2O)cc(Br)c1OCc1ccc(Br)cc1. The second-order valence-electron chi connectivity index (χ2n) is 6.61. The van der Waals surface area contributed by atoms with Gasteiger partial charge >= 0.3 is 0 Å². The molecular weight excluding hydrogens is 562 g/mol. The molecule has 3 aromatic carbocycles. The van der Waals surface area contributed by atoms with Gasteiger partial charge in [-0.2, -0.15) is 5.10 Å². The zero-order valence-corrected chi connectivity index (χ0v) is 20.3. The molecule has 0 aliphatic carbocycles. The molecule has 0 aliphatic rings. The van der Waals surface area contributed by atoms with Crippen LogP contribution in [0.2, 0.25) is 0 Å². The number of nitro benzene ring substituents is 1. The van der Waals surface area contributed by atoms with Gasteiger partial charge in [0.15, 0.2) is 11.5 Å². The zero-order chi connectivity index (χ0) is 24.0. The van der Waals surface area contributed by atoms with Gasteiger partial charge in [0.25, 0.3) is 11.6 Å². The maximum atomic E-state index is 12.3. The summed E-state index contributed by atoms with van der Waals surface area (Å²) in [6.07, 6.45) is 1.36. The van der Waals surface area contributed by atoms with Crippen LogP contribution in [0.4, 0.5) is 5.69 Å². The smallest absolute Gasteiger partial charge is 0.275 e. The van der Waals surface area contributed by atoms with Crippen LogP contribution in [-0.4, -0.2) is 29.3 Å². The van der Waals surface area contributed by atoms with Gasteiger partial charge in [0.05, 0.1) is 28.3 Å². The van der Waals surface area contributed by atoms with Crippen LogP contribution in [0.25, 0.3) is 0 Å². The van der Waals surface area contributed by atoms with Crippen LogP contribution in [0, 0.1) is 10.1 Å². The van der Waals surface area contributed by atoms with Crippen molar-refractivity contribution in [1.29, 1.82) is 0 Å². The molecule has 170 valence electrons. The summed E-state index contributed by atoms with van der Waals surface area (Å²) >= 11 is 6.85. The summed E-state index contributed by atoms with van der Waals surface area (Å²) in [5, 5.41) is 24.5. The first-order valence-corrected chi connectivity index (χ1v) is 10.9. The predicted octanol–water partition coefficient (Wildman–Crippen LogP) is 5.18. The second kappa shape index (κ2) is 10.9. The van der Waals surface area contributed by atoms with E-state index in [1.807, 2.05) is 24.3 Å². The van der Waals surface area contributed by atoms with Gasteiger partial charge in [0.2, 0.25) is 0 Å². The number of halogens is 2. The van der Waals surface area contributed by atoms with Crippen molar-refractivity contribution in [2.75, 3.05) is 7.11 Å². The Morgan fingerprint density at radius 2 is 1.91 bits per heavy atom. The first kappa shape index (κ1) is 24.2. The number of methoxy groups -OCH3 is 1. The van der Waals surface area contributed by atoms with Crippen LogP contribution in [0.5, 0.6) is 17.2 Å². The van der Waals surface area contributed by atoms with E-state index < -0.39 is 16.6 Å². The number of benzene rings is 3. The molecule has 0 heterocycles. The number of nitro groups is 1. The molecule has 0 unspecified atom stereocenters. The highest BCUT2D eigenvalue weighted by molar-refractivity contribution is 9.10. The van der Waals surface area contributed by atoms with Crippen molar-refractivity contribution in [3.63, 3.8) is 0 Å². The van der Waals surface area contributed by atoms with E-state index in [-0.39, 0.29) is 11.3 Å². The third kappa shape index (κ3) is 6.30. The fraction of sp³-hybridized carbons (Fsp3) is 0.0909. The monoisotopic (exact) mass is 577 g/mol. The van der Waals surface area contributed by atoms with Crippen LogP contribution in [0.1, 0.15) is 21.5 Å². The number of hydrogen-bond donors (Lipinski definition) is 2. The molecule has 0 fully saturated rings. The molecule has 0 atom stereocenters. The Morgan fingerprint density at radius 3 is 2.58 bits per heavy atom. The van der Waals surface area contributed by atoms with Crippen molar-refractivity contribution in [2.24, 2.45) is 5.10 Å². The molecule has 33 heavy (non-hydrogen) atoms. The molecule has 0 radical (unpaired) electrons. The van der Waals surface area contributed by atoms with E-state index in [2.05, 4.69) is 42.4 Å². The highest BCUT2D eigenvalue weighted by atomic mass is 79.9. The number of hydrogen-bond acceptors (Lipinski definition) is 7. The fourth-order valence-corrected chi connectivity index (χ4v) is 3.57. The molecule has 0 bridgehead atoms. The number of rotatable bonds is 8. The number of hydrazone groups is 1. The van der Waals surface area contributed by atoms with Gasteiger partial charge in [-0.3, -0.25) is 14.9 Å². The summed E-state index contributed by atoms with van der Waals surface area (Å²) in [5.74, 6) is -0.244. The molecular formula is C22H17Br2N3O6. The lowest BCUT2D eigenvalue weighted by Gasteiger charge is -2.13. The van der Waals surface area contributed by atoms with E-state index in [1.54, 1.807) is 12.1 Å². The highest BCUT2D eigenvalue weighted by Gasteiger charge is 2.16. The van der Waals surface area contributed by atoms with Crippen LogP contribution >= 0.6 is 31.9 Å². The molecule has 0 saturated carbocycles. The maximum absolute atomic E-state index is 12.3. The van der Waals surface area contributed by atoms with E-state index in [0.29, 0.717) is 28.1 Å². The Balaban J connectivity index is 1.71. The number of carbonyl (C=O) groups is 1. The average Bonchev–Trinajstić information content (AvgIpc) is 2.79. The summed E-state index contributed by atoms with van der Waals surface area (Å²) in [4.78, 5) is 22.5. The zero-order valence-electron chi connectivity index (χ0n) is 17.1. The van der Waals surface area contributed by atoms with Crippen molar-refractivity contribution in [3.8, 4) is 17.2 Å². The normalized spacial score (nSPS) is 10.8. The number of amides is 1. The van der Waals surface area contributed by atoms with Crippen LogP contribution in [0.15, 0.2) is 68.6 Å². The van der Waals surface area contributed by atoms with Crippen molar-refractivity contribution in [2.45, 2.75) is 6.61 Å². The van der Waals surface area contributed by atoms with E-state index in [1.165, 1.54) is 13.3 Å². The molecule has 3 aromatic rings. The van der Waals surface area contributed by atoms with Gasteiger partial charge in [-0.05, 0) is 57.4 Å². The lowest BCUT2D eigenvalue weighted by Crippen LogP contribution is -2.18. The lowest BCUT2D eigenvalue weighted by atomic mass is 10.1. The van der Waals surface area contributed by atoms with Gasteiger partial charge in [-0.1, -0.05) is 28.1 Å². The second-order valence-corrected chi connectivity index (χ2v) is 8.38. The number of non-ortho nitro benzene ring substituents is 1. The summed E-state index contributed by atoms with van der Waals surface area (Å²) < 4.78 is 12.9. The predicted molar refractivity (Wildman–Crippen MR) is 129 cm³/mol. The number of ether oxygens (including phenoxy) is 2.